The summed E-state index contributed by atoms with van der Waals surface area (Å²) in [6.07, 6.45) is 2.12. The van der Waals surface area contributed by atoms with Gasteiger partial charge in [0.05, 0.1) is 11.1 Å². The van der Waals surface area contributed by atoms with Gasteiger partial charge in [-0.15, -0.1) is 0 Å². The highest BCUT2D eigenvalue weighted by Crippen LogP contribution is 2.61. The first kappa shape index (κ1) is 17.3. The average Bonchev–Trinajstić information content (AvgIpc) is 2.60. The number of nitrogens with zero attached hydrogens (tertiary/aromatic N) is 2. The lowest BCUT2D eigenvalue weighted by Gasteiger charge is -2.61. The fraction of sp³-hybridized carbons (Fsp3) is 0.571. The standard InChI is InChI=1S/C21H26N2O3/c1-12-17-9-14(21(17,3)4)10-18(12)26-19(24)11-23-20(25)16-8-6-5-7-15(16)13(2)22-23/h5-8,12,14,17-18H,9-11H2,1-4H3. The summed E-state index contributed by atoms with van der Waals surface area (Å²) >= 11 is 0. The molecule has 3 saturated carbocycles. The zero-order valence-corrected chi connectivity index (χ0v) is 15.9. The third-order valence-electron chi connectivity index (χ3n) is 6.90. The molecule has 3 aliphatic rings. The monoisotopic (exact) mass is 354 g/mol. The third kappa shape index (κ3) is 2.56. The minimum Gasteiger partial charge on any atom is -0.461 e. The van der Waals surface area contributed by atoms with Crippen LogP contribution in [0.15, 0.2) is 29.1 Å². The zero-order chi connectivity index (χ0) is 18.6. The summed E-state index contributed by atoms with van der Waals surface area (Å²) in [6.45, 7) is 8.54. The number of hydrogen-bond acceptors (Lipinski definition) is 4. The Morgan fingerprint density at radius 1 is 1.27 bits per heavy atom. The van der Waals surface area contributed by atoms with Crippen LogP contribution in [-0.2, 0) is 16.1 Å². The van der Waals surface area contributed by atoms with Gasteiger partial charge in [0.1, 0.15) is 12.6 Å². The second-order valence-corrected chi connectivity index (χ2v) is 8.58. The van der Waals surface area contributed by atoms with Crippen molar-refractivity contribution < 1.29 is 9.53 Å². The van der Waals surface area contributed by atoms with E-state index in [1.165, 1.54) is 11.1 Å². The number of aromatic nitrogens is 2. The number of rotatable bonds is 3. The topological polar surface area (TPSA) is 61.2 Å². The normalized spacial score (nSPS) is 29.2. The fourth-order valence-corrected chi connectivity index (χ4v) is 5.10. The second-order valence-electron chi connectivity index (χ2n) is 8.58. The summed E-state index contributed by atoms with van der Waals surface area (Å²) in [5.74, 6) is 1.24. The number of ether oxygens (including phenoxy) is 1. The third-order valence-corrected chi connectivity index (χ3v) is 6.90. The number of hydrogen-bond donors (Lipinski definition) is 0. The Hall–Kier alpha value is -2.17. The van der Waals surface area contributed by atoms with Crippen molar-refractivity contribution in [3.8, 4) is 0 Å². The molecular formula is C21H26N2O3. The van der Waals surface area contributed by atoms with E-state index >= 15 is 0 Å². The van der Waals surface area contributed by atoms with Gasteiger partial charge in [0, 0.05) is 5.39 Å². The van der Waals surface area contributed by atoms with E-state index in [-0.39, 0.29) is 24.2 Å². The van der Waals surface area contributed by atoms with Crippen molar-refractivity contribution in [1.82, 2.24) is 9.78 Å². The van der Waals surface area contributed by atoms with Crippen molar-refractivity contribution in [2.75, 3.05) is 0 Å². The molecule has 0 saturated heterocycles. The Balaban J connectivity index is 1.50. The maximum absolute atomic E-state index is 12.6. The zero-order valence-electron chi connectivity index (χ0n) is 15.9. The van der Waals surface area contributed by atoms with E-state index in [9.17, 15) is 9.59 Å². The van der Waals surface area contributed by atoms with E-state index < -0.39 is 0 Å². The highest BCUT2D eigenvalue weighted by molar-refractivity contribution is 5.83. The first-order chi connectivity index (χ1) is 12.3. The molecule has 4 unspecified atom stereocenters. The molecule has 3 aliphatic carbocycles. The predicted octanol–water partition coefficient (Wildman–Crippen LogP) is 3.32. The van der Waals surface area contributed by atoms with Crippen molar-refractivity contribution in [3.63, 3.8) is 0 Å². The van der Waals surface area contributed by atoms with E-state index in [4.69, 9.17) is 4.74 Å². The van der Waals surface area contributed by atoms with E-state index in [0.29, 0.717) is 28.6 Å². The van der Waals surface area contributed by atoms with Crippen LogP contribution in [0, 0.1) is 30.1 Å². The lowest BCUT2D eigenvalue weighted by molar-refractivity contribution is -0.186. The number of carbonyl (C=O) groups excluding carboxylic acids is 1. The minimum absolute atomic E-state index is 0.0449. The maximum atomic E-state index is 12.6. The molecule has 0 radical (unpaired) electrons. The molecule has 5 rings (SSSR count). The van der Waals surface area contributed by atoms with E-state index in [0.717, 1.165) is 17.5 Å². The van der Waals surface area contributed by atoms with Gasteiger partial charge in [0.25, 0.3) is 5.56 Å². The maximum Gasteiger partial charge on any atom is 0.328 e. The van der Waals surface area contributed by atoms with Crippen molar-refractivity contribution in [2.45, 2.75) is 53.2 Å². The van der Waals surface area contributed by atoms with Crippen LogP contribution in [0.5, 0.6) is 0 Å². The van der Waals surface area contributed by atoms with Crippen LogP contribution >= 0.6 is 0 Å². The second kappa shape index (κ2) is 5.93. The summed E-state index contributed by atoms with van der Waals surface area (Å²) in [5.41, 5.74) is 0.849. The Labute approximate surface area is 153 Å². The SMILES string of the molecule is Cc1nn(CC(=O)OC2CC3CC(C2C)C3(C)C)c(=O)c2ccccc12. The Bertz CT molecular complexity index is 930. The van der Waals surface area contributed by atoms with E-state index in [1.54, 1.807) is 6.07 Å². The van der Waals surface area contributed by atoms with Gasteiger partial charge in [-0.3, -0.25) is 9.59 Å². The Morgan fingerprint density at radius 3 is 2.62 bits per heavy atom. The van der Waals surface area contributed by atoms with Crippen LogP contribution in [-0.4, -0.2) is 21.9 Å². The summed E-state index contributed by atoms with van der Waals surface area (Å²) < 4.78 is 7.00. The van der Waals surface area contributed by atoms with Crippen molar-refractivity contribution in [2.24, 2.45) is 23.2 Å². The number of esters is 1. The van der Waals surface area contributed by atoms with Gasteiger partial charge in [0.2, 0.25) is 0 Å². The number of fused-ring (bicyclic) bond motifs is 3. The van der Waals surface area contributed by atoms with Gasteiger partial charge < -0.3 is 4.74 Å². The van der Waals surface area contributed by atoms with Crippen LogP contribution in [0.1, 0.15) is 39.3 Å². The van der Waals surface area contributed by atoms with E-state index in [1.807, 2.05) is 25.1 Å². The van der Waals surface area contributed by atoms with Gasteiger partial charge in [-0.1, -0.05) is 39.0 Å². The first-order valence-electron chi connectivity index (χ1n) is 9.45. The molecule has 26 heavy (non-hydrogen) atoms. The van der Waals surface area contributed by atoms with Crippen LogP contribution in [0.4, 0.5) is 0 Å². The Kier molecular flexibility index (Phi) is 3.94. The van der Waals surface area contributed by atoms with Crippen molar-refractivity contribution >= 4 is 16.7 Å². The first-order valence-corrected chi connectivity index (χ1v) is 9.45. The van der Waals surface area contributed by atoms with Crippen LogP contribution < -0.4 is 5.56 Å². The summed E-state index contributed by atoms with van der Waals surface area (Å²) in [6, 6.07) is 7.35. The predicted molar refractivity (Wildman–Crippen MR) is 99.8 cm³/mol. The quantitative estimate of drug-likeness (QED) is 0.794. The Morgan fingerprint density at radius 2 is 1.96 bits per heavy atom. The molecule has 5 nitrogen and oxygen atoms in total. The molecule has 138 valence electrons. The lowest BCUT2D eigenvalue weighted by atomic mass is 9.45. The number of benzene rings is 1. The highest BCUT2D eigenvalue weighted by Gasteiger charge is 2.57. The number of aryl methyl sites for hydroxylation is 1. The van der Waals surface area contributed by atoms with Crippen molar-refractivity contribution in [1.29, 1.82) is 0 Å². The van der Waals surface area contributed by atoms with Gasteiger partial charge in [-0.25, -0.2) is 4.68 Å². The van der Waals surface area contributed by atoms with Crippen molar-refractivity contribution in [3.05, 3.63) is 40.3 Å². The average molecular weight is 354 g/mol. The number of carbonyl (C=O) groups is 1. The highest BCUT2D eigenvalue weighted by atomic mass is 16.5. The molecule has 2 aromatic rings. The molecule has 0 amide bonds. The molecule has 5 heteroatoms. The van der Waals surface area contributed by atoms with Crippen LogP contribution in [0.3, 0.4) is 0 Å². The lowest BCUT2D eigenvalue weighted by Crippen LogP contribution is -2.57. The molecular weight excluding hydrogens is 328 g/mol. The minimum atomic E-state index is -0.370. The molecule has 2 bridgehead atoms. The molecule has 0 spiro atoms. The van der Waals surface area contributed by atoms with Gasteiger partial charge >= 0.3 is 5.97 Å². The molecule has 0 N–H and O–H groups in total. The summed E-state index contributed by atoms with van der Waals surface area (Å²) in [7, 11) is 0. The molecule has 1 heterocycles. The molecule has 3 fully saturated rings. The van der Waals surface area contributed by atoms with Gasteiger partial charge in [-0.2, -0.15) is 5.10 Å². The summed E-state index contributed by atoms with van der Waals surface area (Å²) in [5, 5.41) is 5.71. The largest absolute Gasteiger partial charge is 0.461 e. The smallest absolute Gasteiger partial charge is 0.328 e. The van der Waals surface area contributed by atoms with Crippen LogP contribution in [0.2, 0.25) is 0 Å². The van der Waals surface area contributed by atoms with Gasteiger partial charge in [-0.05, 0) is 49.0 Å². The molecule has 1 aromatic carbocycles. The summed E-state index contributed by atoms with van der Waals surface area (Å²) in [4.78, 5) is 25.1. The van der Waals surface area contributed by atoms with Crippen LogP contribution in [0.25, 0.3) is 10.8 Å². The van der Waals surface area contributed by atoms with Gasteiger partial charge in [0.15, 0.2) is 0 Å². The molecule has 1 aromatic heterocycles. The molecule has 4 atom stereocenters. The fourth-order valence-electron chi connectivity index (χ4n) is 5.10. The van der Waals surface area contributed by atoms with E-state index in [2.05, 4.69) is 25.9 Å². The molecule has 0 aliphatic heterocycles.